The third-order valence-electron chi connectivity index (χ3n) is 2.69. The van der Waals surface area contributed by atoms with E-state index in [-0.39, 0.29) is 23.1 Å². The number of ether oxygens (including phenoxy) is 1. The second kappa shape index (κ2) is 5.81. The van der Waals surface area contributed by atoms with E-state index < -0.39 is 17.6 Å². The van der Waals surface area contributed by atoms with Crippen molar-refractivity contribution >= 4 is 17.3 Å². The first-order valence-corrected chi connectivity index (χ1v) is 6.18. The quantitative estimate of drug-likeness (QED) is 0.659. The summed E-state index contributed by atoms with van der Waals surface area (Å²) in [5.41, 5.74) is 4.71. The molecule has 0 fully saturated rings. The Hall–Kier alpha value is -1.95. The molecule has 0 saturated carbocycles. The van der Waals surface area contributed by atoms with Gasteiger partial charge in [-0.15, -0.1) is 0 Å². The van der Waals surface area contributed by atoms with Crippen molar-refractivity contribution in [3.05, 3.63) is 58.4 Å². The minimum absolute atomic E-state index is 0.0211. The van der Waals surface area contributed by atoms with Crippen LogP contribution in [0.25, 0.3) is 0 Å². The van der Waals surface area contributed by atoms with Gasteiger partial charge >= 0.3 is 6.18 Å². The van der Waals surface area contributed by atoms with Crippen LogP contribution in [0.4, 0.5) is 23.2 Å². The van der Waals surface area contributed by atoms with Gasteiger partial charge in [-0.3, -0.25) is 0 Å². The number of anilines is 1. The van der Waals surface area contributed by atoms with Crippen molar-refractivity contribution < 1.29 is 22.3 Å². The lowest BCUT2D eigenvalue weighted by atomic mass is 10.1. The molecule has 21 heavy (non-hydrogen) atoms. The number of hydrogen-bond donors (Lipinski definition) is 1. The van der Waals surface area contributed by atoms with Gasteiger partial charge in [0.1, 0.15) is 18.2 Å². The largest absolute Gasteiger partial charge is 0.488 e. The van der Waals surface area contributed by atoms with Crippen molar-refractivity contribution in [1.29, 1.82) is 0 Å². The number of nitrogens with two attached hydrogens (primary N) is 1. The molecule has 0 spiro atoms. The molecule has 0 aliphatic heterocycles. The molecule has 2 rings (SSSR count). The van der Waals surface area contributed by atoms with Gasteiger partial charge in [-0.05, 0) is 35.9 Å². The molecule has 0 heterocycles. The minimum Gasteiger partial charge on any atom is -0.488 e. The number of rotatable bonds is 3. The summed E-state index contributed by atoms with van der Waals surface area (Å²) in [5.74, 6) is -1.03. The molecule has 2 aromatic rings. The van der Waals surface area contributed by atoms with Crippen LogP contribution in [0, 0.1) is 5.82 Å². The maximum Gasteiger partial charge on any atom is 0.420 e. The molecule has 2 N–H and O–H groups in total. The predicted molar refractivity (Wildman–Crippen MR) is 71.6 cm³/mol. The lowest BCUT2D eigenvalue weighted by Gasteiger charge is -2.14. The summed E-state index contributed by atoms with van der Waals surface area (Å²) >= 11 is 5.52. The average molecular weight is 320 g/mol. The SMILES string of the molecule is Nc1ccc(OCc2ccc(Cl)c(F)c2)c(C(F)(F)F)c1. The maximum absolute atomic E-state index is 13.2. The van der Waals surface area contributed by atoms with Crippen molar-refractivity contribution in [1.82, 2.24) is 0 Å². The van der Waals surface area contributed by atoms with Gasteiger partial charge in [0, 0.05) is 5.69 Å². The van der Waals surface area contributed by atoms with Gasteiger partial charge in [-0.25, -0.2) is 4.39 Å². The van der Waals surface area contributed by atoms with Gasteiger partial charge in [0.05, 0.1) is 10.6 Å². The Morgan fingerprint density at radius 3 is 2.43 bits per heavy atom. The summed E-state index contributed by atoms with van der Waals surface area (Å²) in [5, 5.41) is -0.0674. The molecule has 0 aliphatic rings. The molecule has 0 atom stereocenters. The Balaban J connectivity index is 2.22. The molecule has 0 bridgehead atoms. The van der Waals surface area contributed by atoms with Crippen molar-refractivity contribution in [3.8, 4) is 5.75 Å². The highest BCUT2D eigenvalue weighted by molar-refractivity contribution is 6.30. The zero-order chi connectivity index (χ0) is 15.6. The van der Waals surface area contributed by atoms with Crippen molar-refractivity contribution in [2.45, 2.75) is 12.8 Å². The number of benzene rings is 2. The molecular formula is C14H10ClF4NO. The van der Waals surface area contributed by atoms with Crippen LogP contribution in [-0.2, 0) is 12.8 Å². The third-order valence-corrected chi connectivity index (χ3v) is 2.99. The fourth-order valence-corrected chi connectivity index (χ4v) is 1.80. The summed E-state index contributed by atoms with van der Waals surface area (Å²) < 4.78 is 56.9. The molecule has 2 nitrogen and oxygen atoms in total. The highest BCUT2D eigenvalue weighted by Gasteiger charge is 2.34. The first kappa shape index (κ1) is 15.4. The van der Waals surface area contributed by atoms with Gasteiger partial charge in [-0.2, -0.15) is 13.2 Å². The molecule has 0 saturated heterocycles. The van der Waals surface area contributed by atoms with E-state index in [1.165, 1.54) is 18.2 Å². The van der Waals surface area contributed by atoms with Crippen molar-refractivity contribution in [2.75, 3.05) is 5.73 Å². The monoisotopic (exact) mass is 319 g/mol. The topological polar surface area (TPSA) is 35.2 Å². The number of nitrogen functional groups attached to an aromatic ring is 1. The van der Waals surface area contributed by atoms with Gasteiger partial charge in [0.25, 0.3) is 0 Å². The third kappa shape index (κ3) is 3.78. The van der Waals surface area contributed by atoms with Gasteiger partial charge in [0.15, 0.2) is 0 Å². The minimum atomic E-state index is -4.59. The Kier molecular flexibility index (Phi) is 4.27. The summed E-state index contributed by atoms with van der Waals surface area (Å²) in [6.45, 7) is -0.221. The lowest BCUT2D eigenvalue weighted by molar-refractivity contribution is -0.139. The second-order valence-corrected chi connectivity index (χ2v) is 4.70. The molecule has 0 aromatic heterocycles. The van der Waals surface area contributed by atoms with E-state index in [9.17, 15) is 17.6 Å². The molecule has 0 unspecified atom stereocenters. The van der Waals surface area contributed by atoms with Crippen LogP contribution in [-0.4, -0.2) is 0 Å². The van der Waals surface area contributed by atoms with Crippen LogP contribution >= 0.6 is 11.6 Å². The summed E-state index contributed by atoms with van der Waals surface area (Å²) in [6, 6.07) is 7.10. The highest BCUT2D eigenvalue weighted by Crippen LogP contribution is 2.37. The number of alkyl halides is 3. The van der Waals surface area contributed by atoms with Crippen LogP contribution in [0.1, 0.15) is 11.1 Å². The molecular weight excluding hydrogens is 310 g/mol. The smallest absolute Gasteiger partial charge is 0.420 e. The van der Waals surface area contributed by atoms with Crippen molar-refractivity contribution in [2.24, 2.45) is 0 Å². The Bertz CT molecular complexity index is 658. The lowest BCUT2D eigenvalue weighted by Crippen LogP contribution is -2.09. The summed E-state index contributed by atoms with van der Waals surface area (Å²) in [6.07, 6.45) is -4.59. The molecule has 0 aliphatic carbocycles. The van der Waals surface area contributed by atoms with Crippen LogP contribution in [0.2, 0.25) is 5.02 Å². The van der Waals surface area contributed by atoms with Crippen LogP contribution in [0.3, 0.4) is 0 Å². The summed E-state index contributed by atoms with van der Waals surface area (Å²) in [4.78, 5) is 0. The Morgan fingerprint density at radius 1 is 1.10 bits per heavy atom. The zero-order valence-corrected chi connectivity index (χ0v) is 11.3. The molecule has 0 amide bonds. The fourth-order valence-electron chi connectivity index (χ4n) is 1.69. The second-order valence-electron chi connectivity index (χ2n) is 4.29. The van der Waals surface area contributed by atoms with E-state index >= 15 is 0 Å². The van der Waals surface area contributed by atoms with E-state index in [1.54, 1.807) is 0 Å². The number of hydrogen-bond acceptors (Lipinski definition) is 2. The van der Waals surface area contributed by atoms with Crippen LogP contribution < -0.4 is 10.5 Å². The fraction of sp³-hybridized carbons (Fsp3) is 0.143. The van der Waals surface area contributed by atoms with E-state index in [0.717, 1.165) is 18.2 Å². The van der Waals surface area contributed by atoms with Crippen LogP contribution in [0.5, 0.6) is 5.75 Å². The molecule has 7 heteroatoms. The normalized spacial score (nSPS) is 11.5. The predicted octanol–water partition coefficient (Wildman–Crippen LogP) is 4.66. The Labute approximate surface area is 123 Å². The maximum atomic E-state index is 13.2. The van der Waals surface area contributed by atoms with E-state index in [2.05, 4.69) is 0 Å². The first-order chi connectivity index (χ1) is 9.77. The Morgan fingerprint density at radius 2 is 1.81 bits per heavy atom. The van der Waals surface area contributed by atoms with E-state index in [4.69, 9.17) is 22.1 Å². The molecule has 2 aromatic carbocycles. The molecule has 0 radical (unpaired) electrons. The highest BCUT2D eigenvalue weighted by atomic mass is 35.5. The van der Waals surface area contributed by atoms with E-state index in [1.807, 2.05) is 0 Å². The standard InChI is InChI=1S/C14H10ClF4NO/c15-11-3-1-8(5-12(11)16)7-21-13-4-2-9(20)6-10(13)14(17,18)19/h1-6H,7,20H2. The van der Waals surface area contributed by atoms with Crippen LogP contribution in [0.15, 0.2) is 36.4 Å². The molecule has 112 valence electrons. The average Bonchev–Trinajstić information content (AvgIpc) is 2.40. The number of halogens is 5. The first-order valence-electron chi connectivity index (χ1n) is 5.81. The van der Waals surface area contributed by atoms with Crippen molar-refractivity contribution in [3.63, 3.8) is 0 Å². The van der Waals surface area contributed by atoms with E-state index in [0.29, 0.717) is 5.56 Å². The van der Waals surface area contributed by atoms with Gasteiger partial charge < -0.3 is 10.5 Å². The van der Waals surface area contributed by atoms with Gasteiger partial charge in [-0.1, -0.05) is 17.7 Å². The zero-order valence-electron chi connectivity index (χ0n) is 10.5. The summed E-state index contributed by atoms with van der Waals surface area (Å²) in [7, 11) is 0. The van der Waals surface area contributed by atoms with Gasteiger partial charge in [0.2, 0.25) is 0 Å².